The predicted molar refractivity (Wildman–Crippen MR) is 129 cm³/mol. The first-order valence-corrected chi connectivity index (χ1v) is 11.4. The zero-order valence-electron chi connectivity index (χ0n) is 18.2. The highest BCUT2D eigenvalue weighted by Crippen LogP contribution is 2.21. The highest BCUT2D eigenvalue weighted by atomic mass is 32.2. The molecule has 0 spiro atoms. The quantitative estimate of drug-likeness (QED) is 0.347. The van der Waals surface area contributed by atoms with Crippen molar-refractivity contribution >= 4 is 23.4 Å². The van der Waals surface area contributed by atoms with Crippen LogP contribution in [0.25, 0.3) is 0 Å². The molecule has 0 aliphatic rings. The maximum absolute atomic E-state index is 12.5. The van der Waals surface area contributed by atoms with Crippen LogP contribution in [-0.4, -0.2) is 33.5 Å². The van der Waals surface area contributed by atoms with Gasteiger partial charge < -0.3 is 14.8 Å². The number of hydrogen-bond donors (Lipinski definition) is 1. The Kier molecular flexibility index (Phi) is 7.60. The fourth-order valence-electron chi connectivity index (χ4n) is 3.12. The average molecular weight is 461 g/mol. The van der Waals surface area contributed by atoms with Gasteiger partial charge in [-0.3, -0.25) is 9.36 Å². The number of para-hydroxylation sites is 1. The summed E-state index contributed by atoms with van der Waals surface area (Å²) in [6.45, 7) is 0.867. The van der Waals surface area contributed by atoms with E-state index in [9.17, 15) is 4.79 Å². The van der Waals surface area contributed by atoms with E-state index < -0.39 is 0 Å². The molecule has 0 saturated heterocycles. The Morgan fingerprint density at radius 1 is 0.909 bits per heavy atom. The Labute approximate surface area is 196 Å². The van der Waals surface area contributed by atoms with Crippen LogP contribution >= 0.6 is 11.8 Å². The second-order valence-corrected chi connectivity index (χ2v) is 8.08. The summed E-state index contributed by atoms with van der Waals surface area (Å²) in [6, 6.07) is 26.9. The number of thioether (sulfide) groups is 1. The van der Waals surface area contributed by atoms with Crippen LogP contribution in [0.1, 0.15) is 11.4 Å². The first-order valence-electron chi connectivity index (χ1n) is 10.4. The fourth-order valence-corrected chi connectivity index (χ4v) is 3.88. The van der Waals surface area contributed by atoms with Gasteiger partial charge in [-0.25, -0.2) is 0 Å². The molecule has 3 aromatic carbocycles. The minimum atomic E-state index is -0.124. The van der Waals surface area contributed by atoms with E-state index in [2.05, 4.69) is 15.5 Å². The number of carbonyl (C=O) groups is 1. The van der Waals surface area contributed by atoms with E-state index >= 15 is 0 Å². The zero-order chi connectivity index (χ0) is 22.9. The number of anilines is 1. The lowest BCUT2D eigenvalue weighted by molar-refractivity contribution is -0.113. The number of hydrogen-bond acceptors (Lipinski definition) is 6. The molecule has 0 saturated carbocycles. The molecular weight excluding hydrogens is 436 g/mol. The Morgan fingerprint density at radius 2 is 1.61 bits per heavy atom. The zero-order valence-corrected chi connectivity index (χ0v) is 19.0. The molecule has 0 bridgehead atoms. The van der Waals surface area contributed by atoms with Gasteiger partial charge in [0.1, 0.15) is 18.1 Å². The number of nitrogens with zero attached hydrogens (tertiary/aromatic N) is 3. The molecule has 1 aromatic heterocycles. The van der Waals surface area contributed by atoms with Crippen molar-refractivity contribution in [3.63, 3.8) is 0 Å². The Hall–Kier alpha value is -3.78. The van der Waals surface area contributed by atoms with Crippen molar-refractivity contribution in [2.45, 2.75) is 18.3 Å². The van der Waals surface area contributed by atoms with Crippen molar-refractivity contribution in [3.05, 3.63) is 96.3 Å². The van der Waals surface area contributed by atoms with Crippen LogP contribution in [-0.2, 0) is 17.9 Å². The van der Waals surface area contributed by atoms with Crippen LogP contribution in [0.5, 0.6) is 11.5 Å². The lowest BCUT2D eigenvalue weighted by Crippen LogP contribution is -2.15. The summed E-state index contributed by atoms with van der Waals surface area (Å²) in [4.78, 5) is 12.5. The molecule has 0 fully saturated rings. The highest BCUT2D eigenvalue weighted by Gasteiger charge is 2.15. The second kappa shape index (κ2) is 11.2. The summed E-state index contributed by atoms with van der Waals surface area (Å²) in [6.07, 6.45) is 0. The van der Waals surface area contributed by atoms with Crippen molar-refractivity contribution in [1.29, 1.82) is 0 Å². The van der Waals surface area contributed by atoms with Gasteiger partial charge in [-0.1, -0.05) is 60.3 Å². The Balaban J connectivity index is 1.44. The number of carbonyl (C=O) groups excluding carboxylic acids is 1. The van der Waals surface area contributed by atoms with Crippen molar-refractivity contribution in [2.75, 3.05) is 18.2 Å². The van der Waals surface area contributed by atoms with Crippen LogP contribution in [0.3, 0.4) is 0 Å². The topological polar surface area (TPSA) is 78.3 Å². The number of rotatable bonds is 10. The van der Waals surface area contributed by atoms with Crippen LogP contribution in [0.15, 0.2) is 90.1 Å². The van der Waals surface area contributed by atoms with Gasteiger partial charge in [0.05, 0.1) is 19.4 Å². The SMILES string of the molecule is COc1ccc(NC(=O)CSc2nnc(COc3ccccc3)n2Cc2ccccc2)cc1. The van der Waals surface area contributed by atoms with Gasteiger partial charge in [0.25, 0.3) is 0 Å². The third-order valence-electron chi connectivity index (χ3n) is 4.79. The molecule has 4 aromatic rings. The minimum absolute atomic E-state index is 0.124. The minimum Gasteiger partial charge on any atom is -0.497 e. The smallest absolute Gasteiger partial charge is 0.234 e. The van der Waals surface area contributed by atoms with Crippen molar-refractivity contribution in [3.8, 4) is 11.5 Å². The number of benzene rings is 3. The number of amides is 1. The maximum atomic E-state index is 12.5. The number of nitrogens with one attached hydrogen (secondary N) is 1. The summed E-state index contributed by atoms with van der Waals surface area (Å²) in [7, 11) is 1.61. The largest absolute Gasteiger partial charge is 0.497 e. The summed E-state index contributed by atoms with van der Waals surface area (Å²) in [5, 5.41) is 12.2. The number of methoxy groups -OCH3 is 1. The van der Waals surface area contributed by atoms with Crippen molar-refractivity contribution in [1.82, 2.24) is 14.8 Å². The fraction of sp³-hybridized carbons (Fsp3) is 0.160. The van der Waals surface area contributed by atoms with E-state index in [1.807, 2.05) is 65.2 Å². The maximum Gasteiger partial charge on any atom is 0.234 e. The molecule has 1 heterocycles. The molecular formula is C25H24N4O3S. The van der Waals surface area contributed by atoms with E-state index in [0.29, 0.717) is 23.2 Å². The first-order chi connectivity index (χ1) is 16.2. The standard InChI is InChI=1S/C25H24N4O3S/c1-31-21-14-12-20(13-15-21)26-24(30)18-33-25-28-27-23(17-32-22-10-6-3-7-11-22)29(25)16-19-8-4-2-5-9-19/h2-15H,16-18H2,1H3,(H,26,30). The normalized spacial score (nSPS) is 10.6. The van der Waals surface area contributed by atoms with Crippen LogP contribution in [0.2, 0.25) is 0 Å². The summed E-state index contributed by atoms with van der Waals surface area (Å²) in [5.74, 6) is 2.28. The summed E-state index contributed by atoms with van der Waals surface area (Å²) >= 11 is 1.34. The van der Waals surface area contributed by atoms with E-state index in [1.54, 1.807) is 31.4 Å². The lowest BCUT2D eigenvalue weighted by atomic mass is 10.2. The Bertz CT molecular complexity index is 1170. The Morgan fingerprint density at radius 3 is 2.30 bits per heavy atom. The van der Waals surface area contributed by atoms with Crippen molar-refractivity contribution in [2.24, 2.45) is 0 Å². The molecule has 0 atom stereocenters. The third-order valence-corrected chi connectivity index (χ3v) is 5.76. The average Bonchev–Trinajstić information content (AvgIpc) is 3.24. The van der Waals surface area contributed by atoms with E-state index in [1.165, 1.54) is 11.8 Å². The van der Waals surface area contributed by atoms with Gasteiger partial charge >= 0.3 is 0 Å². The molecule has 0 aliphatic heterocycles. The van der Waals surface area contributed by atoms with Gasteiger partial charge in [-0.2, -0.15) is 0 Å². The lowest BCUT2D eigenvalue weighted by Gasteiger charge is -2.11. The van der Waals surface area contributed by atoms with Gasteiger partial charge in [0, 0.05) is 5.69 Å². The molecule has 33 heavy (non-hydrogen) atoms. The van der Waals surface area contributed by atoms with E-state index in [4.69, 9.17) is 9.47 Å². The van der Waals surface area contributed by atoms with Gasteiger partial charge in [-0.15, -0.1) is 10.2 Å². The number of aromatic nitrogens is 3. The molecule has 1 amide bonds. The van der Waals surface area contributed by atoms with E-state index in [0.717, 1.165) is 17.1 Å². The molecule has 4 rings (SSSR count). The summed E-state index contributed by atoms with van der Waals surface area (Å²) < 4.78 is 13.0. The van der Waals surface area contributed by atoms with Gasteiger partial charge in [0.2, 0.25) is 5.91 Å². The molecule has 0 radical (unpaired) electrons. The highest BCUT2D eigenvalue weighted by molar-refractivity contribution is 7.99. The van der Waals surface area contributed by atoms with Crippen LogP contribution < -0.4 is 14.8 Å². The molecule has 8 heteroatoms. The summed E-state index contributed by atoms with van der Waals surface area (Å²) in [5.41, 5.74) is 1.83. The predicted octanol–water partition coefficient (Wildman–Crippen LogP) is 4.64. The molecule has 1 N–H and O–H groups in total. The second-order valence-electron chi connectivity index (χ2n) is 7.14. The first kappa shape index (κ1) is 22.4. The van der Waals surface area contributed by atoms with Gasteiger partial charge in [-0.05, 0) is 42.0 Å². The molecule has 7 nitrogen and oxygen atoms in total. The van der Waals surface area contributed by atoms with Gasteiger partial charge in [0.15, 0.2) is 11.0 Å². The monoisotopic (exact) mass is 460 g/mol. The van der Waals surface area contributed by atoms with Crippen LogP contribution in [0, 0.1) is 0 Å². The van der Waals surface area contributed by atoms with E-state index in [-0.39, 0.29) is 18.3 Å². The van der Waals surface area contributed by atoms with Crippen LogP contribution in [0.4, 0.5) is 5.69 Å². The molecule has 168 valence electrons. The van der Waals surface area contributed by atoms with Crippen molar-refractivity contribution < 1.29 is 14.3 Å². The number of ether oxygens (including phenoxy) is 2. The third kappa shape index (κ3) is 6.36. The molecule has 0 aliphatic carbocycles. The molecule has 0 unspecified atom stereocenters.